The van der Waals surface area contributed by atoms with E-state index in [1.807, 2.05) is 18.2 Å². The van der Waals surface area contributed by atoms with Gasteiger partial charge in [0.1, 0.15) is 21.8 Å². The van der Waals surface area contributed by atoms with Gasteiger partial charge in [-0.1, -0.05) is 29.8 Å². The lowest BCUT2D eigenvalue weighted by Crippen LogP contribution is -2.46. The molecule has 5 aliphatic rings. The third kappa shape index (κ3) is 5.44. The molecule has 0 radical (unpaired) electrons. The van der Waals surface area contributed by atoms with E-state index in [2.05, 4.69) is 43.4 Å². The van der Waals surface area contributed by atoms with Crippen molar-refractivity contribution in [3.63, 3.8) is 0 Å². The molecule has 2 amide bonds. The van der Waals surface area contributed by atoms with Gasteiger partial charge in [-0.2, -0.15) is 5.10 Å². The van der Waals surface area contributed by atoms with E-state index < -0.39 is 21.7 Å². The summed E-state index contributed by atoms with van der Waals surface area (Å²) in [5.74, 6) is 0.697. The van der Waals surface area contributed by atoms with Gasteiger partial charge in [0.05, 0.1) is 34.7 Å². The van der Waals surface area contributed by atoms with Crippen molar-refractivity contribution in [1.82, 2.24) is 14.5 Å². The Kier molecular flexibility index (Phi) is 7.92. The lowest BCUT2D eigenvalue weighted by Gasteiger charge is -2.44. The van der Waals surface area contributed by atoms with Crippen LogP contribution in [0.2, 0.25) is 5.02 Å². The first kappa shape index (κ1) is 31.6. The van der Waals surface area contributed by atoms with Gasteiger partial charge < -0.3 is 14.4 Å². The second-order valence-electron chi connectivity index (χ2n) is 13.9. The first-order valence-electron chi connectivity index (χ1n) is 16.8. The number of ether oxygens (including phenoxy) is 2. The molecule has 2 saturated carbocycles. The van der Waals surface area contributed by atoms with Crippen molar-refractivity contribution < 1.29 is 23.3 Å². The molecule has 10 nitrogen and oxygen atoms in total. The van der Waals surface area contributed by atoms with Crippen LogP contribution in [0.1, 0.15) is 63.9 Å². The minimum absolute atomic E-state index is 0.0218. The van der Waals surface area contributed by atoms with Crippen LogP contribution in [-0.2, 0) is 33.5 Å². The van der Waals surface area contributed by atoms with Gasteiger partial charge in [-0.25, -0.2) is 4.21 Å². The lowest BCUT2D eigenvalue weighted by atomic mass is 9.70. The monoisotopic (exact) mass is 689 g/mol. The number of allylic oxidation sites excluding steroid dienone is 1. The van der Waals surface area contributed by atoms with Crippen LogP contribution in [-0.4, -0.2) is 64.0 Å². The molecular weight excluding hydrogens is 650 g/mol. The Morgan fingerprint density at radius 2 is 2.06 bits per heavy atom. The second-order valence-corrected chi connectivity index (χ2v) is 16.4. The number of hydrogen-bond acceptors (Lipinski definition) is 7. The molecule has 12 heteroatoms. The molecule has 252 valence electrons. The summed E-state index contributed by atoms with van der Waals surface area (Å²) < 4.78 is 35.3. The summed E-state index contributed by atoms with van der Waals surface area (Å²) >= 11 is 6.45. The van der Waals surface area contributed by atoms with Crippen molar-refractivity contribution in [1.29, 1.82) is 0 Å². The summed E-state index contributed by atoms with van der Waals surface area (Å²) in [6.07, 6.45) is 12.4. The van der Waals surface area contributed by atoms with Crippen molar-refractivity contribution in [2.45, 2.75) is 56.1 Å². The lowest BCUT2D eigenvalue weighted by molar-refractivity contribution is 0.0134. The number of rotatable bonds is 3. The summed E-state index contributed by atoms with van der Waals surface area (Å²) in [7, 11) is -0.00459. The van der Waals surface area contributed by atoms with Crippen LogP contribution in [0.3, 0.4) is 0 Å². The molecule has 2 aromatic carbocycles. The SMILES string of the molecule is CO[C@H]1/C=C/CCC[S@@](=O)(NC(=O)c2cnn(C)c2)=NC(=O)c2ccc3c(c2)N(C[C@@H]2CC[C@H]21)C[C@@]12c4ccc(Cl)cc4CCC1C2O3. The van der Waals surface area contributed by atoms with E-state index in [0.29, 0.717) is 36.2 Å². The molecule has 7 atom stereocenters. The van der Waals surface area contributed by atoms with E-state index in [9.17, 15) is 13.8 Å². The van der Waals surface area contributed by atoms with Crippen LogP contribution < -0.4 is 14.4 Å². The van der Waals surface area contributed by atoms with Crippen molar-refractivity contribution in [3.05, 3.63) is 88.2 Å². The Hall–Kier alpha value is -3.67. The number of nitrogens with one attached hydrogen (secondary N) is 1. The van der Waals surface area contributed by atoms with Crippen molar-refractivity contribution >= 4 is 39.0 Å². The quantitative estimate of drug-likeness (QED) is 0.361. The highest BCUT2D eigenvalue weighted by Gasteiger charge is 2.70. The number of methoxy groups -OCH3 is 1. The van der Waals surface area contributed by atoms with Crippen LogP contribution in [0.4, 0.5) is 5.69 Å². The number of aryl methyl sites for hydroxylation is 2. The zero-order valence-corrected chi connectivity index (χ0v) is 28.7. The number of carbonyl (C=O) groups excluding carboxylic acids is 2. The molecule has 2 unspecified atom stereocenters. The van der Waals surface area contributed by atoms with Gasteiger partial charge in [-0.15, -0.1) is 4.36 Å². The van der Waals surface area contributed by atoms with Gasteiger partial charge in [-0.05, 0) is 91.8 Å². The number of nitrogens with zero attached hydrogens (tertiary/aromatic N) is 4. The average molecular weight is 690 g/mol. The van der Waals surface area contributed by atoms with Crippen LogP contribution >= 0.6 is 11.6 Å². The molecule has 2 fully saturated rings. The number of halogens is 1. The Morgan fingerprint density at radius 3 is 2.83 bits per heavy atom. The van der Waals surface area contributed by atoms with Gasteiger partial charge >= 0.3 is 0 Å². The molecule has 2 bridgehead atoms. The number of benzene rings is 2. The van der Waals surface area contributed by atoms with Gasteiger partial charge in [0.15, 0.2) is 0 Å². The Labute approximate surface area is 286 Å². The van der Waals surface area contributed by atoms with Crippen LogP contribution in [0, 0.1) is 17.8 Å². The Balaban J connectivity index is 1.20. The smallest absolute Gasteiger partial charge is 0.286 e. The summed E-state index contributed by atoms with van der Waals surface area (Å²) in [5.41, 5.74) is 3.81. The fourth-order valence-corrected chi connectivity index (χ4v) is 10.3. The minimum Gasteiger partial charge on any atom is -0.487 e. The molecule has 48 heavy (non-hydrogen) atoms. The maximum atomic E-state index is 14.2. The summed E-state index contributed by atoms with van der Waals surface area (Å²) in [5, 5.41) is 4.79. The van der Waals surface area contributed by atoms with Gasteiger partial charge in [-0.3, -0.25) is 19.0 Å². The Bertz CT molecular complexity index is 1950. The van der Waals surface area contributed by atoms with Crippen molar-refractivity contribution in [3.8, 4) is 5.75 Å². The van der Waals surface area contributed by atoms with Gasteiger partial charge in [0.25, 0.3) is 11.8 Å². The van der Waals surface area contributed by atoms with Crippen LogP contribution in [0.15, 0.2) is 65.3 Å². The molecule has 3 heterocycles. The van der Waals surface area contributed by atoms with Crippen molar-refractivity contribution in [2.24, 2.45) is 29.2 Å². The van der Waals surface area contributed by atoms with E-state index in [1.165, 1.54) is 28.2 Å². The zero-order valence-electron chi connectivity index (χ0n) is 27.1. The van der Waals surface area contributed by atoms with E-state index in [1.54, 1.807) is 20.2 Å². The highest BCUT2D eigenvalue weighted by Crippen LogP contribution is 2.64. The predicted octanol–water partition coefficient (Wildman–Crippen LogP) is 5.50. The summed E-state index contributed by atoms with van der Waals surface area (Å²) in [6, 6.07) is 11.7. The third-order valence-electron chi connectivity index (χ3n) is 11.2. The topological polar surface area (TPSA) is 115 Å². The summed E-state index contributed by atoms with van der Waals surface area (Å²) in [6.45, 7) is 1.55. The molecule has 3 aromatic rings. The molecule has 8 rings (SSSR count). The van der Waals surface area contributed by atoms with E-state index in [4.69, 9.17) is 21.1 Å². The van der Waals surface area contributed by atoms with E-state index >= 15 is 0 Å². The van der Waals surface area contributed by atoms with Gasteiger partial charge in [0, 0.05) is 49.9 Å². The Morgan fingerprint density at radius 1 is 1.19 bits per heavy atom. The molecular formula is C36H40ClN5O5S. The highest BCUT2D eigenvalue weighted by molar-refractivity contribution is 7.92. The number of amides is 2. The van der Waals surface area contributed by atoms with Crippen molar-refractivity contribution in [2.75, 3.05) is 30.9 Å². The van der Waals surface area contributed by atoms with Crippen LogP contribution in [0.5, 0.6) is 5.75 Å². The van der Waals surface area contributed by atoms with E-state index in [-0.39, 0.29) is 28.9 Å². The normalized spacial score (nSPS) is 32.9. The number of fused-ring (bicyclic) bond motifs is 4. The largest absolute Gasteiger partial charge is 0.487 e. The maximum Gasteiger partial charge on any atom is 0.286 e. The average Bonchev–Trinajstić information content (AvgIpc) is 3.49. The van der Waals surface area contributed by atoms with Crippen LogP contribution in [0.25, 0.3) is 0 Å². The van der Waals surface area contributed by atoms with E-state index in [0.717, 1.165) is 55.2 Å². The molecule has 3 aliphatic carbocycles. The molecule has 0 saturated heterocycles. The third-order valence-corrected chi connectivity index (χ3v) is 13.2. The second kappa shape index (κ2) is 12.0. The first-order valence-corrected chi connectivity index (χ1v) is 18.9. The number of hydrogen-bond donors (Lipinski definition) is 1. The molecule has 2 aliphatic heterocycles. The van der Waals surface area contributed by atoms with Gasteiger partial charge in [0.2, 0.25) is 0 Å². The number of carbonyl (C=O) groups is 2. The number of aromatic nitrogens is 2. The summed E-state index contributed by atoms with van der Waals surface area (Å²) in [4.78, 5) is 29.3. The molecule has 1 spiro atoms. The standard InChI is InChI=1S/C36H40ClN5O5S/c1-41-19-25(18-38-41)35(44)40-48(45)15-5-3-4-6-31(46-2)27-11-7-24(27)20-42-21-36-28-13-10-26(37)16-22(28)8-12-29(36)33(36)47-32-14-9-23(17-30(32)42)34(43)39-48/h4,6,9-10,13-14,16-19,24,27,29,31,33H,3,5,7-8,11-12,15,20-21H2,1-2H3,(H,39,40,43,44,45)/b6-4+/t24-,27+,29?,31-,33?,36+,48-/m0/s1. The fourth-order valence-electron chi connectivity index (χ4n) is 8.56. The molecule has 1 N–H and O–H groups in total. The number of anilines is 1. The predicted molar refractivity (Wildman–Crippen MR) is 184 cm³/mol. The zero-order chi connectivity index (χ0) is 33.2. The highest BCUT2D eigenvalue weighted by atomic mass is 35.5. The molecule has 1 aromatic heterocycles. The maximum absolute atomic E-state index is 14.2. The minimum atomic E-state index is -3.46. The first-order chi connectivity index (χ1) is 23.2. The fraction of sp³-hybridized carbons (Fsp3) is 0.472.